The minimum atomic E-state index is -0.372. The predicted octanol–water partition coefficient (Wildman–Crippen LogP) is 0.274. The molecule has 0 aliphatic carbocycles. The molecule has 7 nitrogen and oxygen atoms in total. The van der Waals surface area contributed by atoms with E-state index < -0.39 is 0 Å². The molecule has 7 heteroatoms. The number of rotatable bonds is 4. The average Bonchev–Trinajstić information content (AvgIpc) is 2.71. The molecule has 0 saturated heterocycles. The standard InChI is InChI=1S/C9H13N5O2/c1-3-14(5-6(2)4-10)9(15)7-8(11)13-16-12-7/h6H,3,5H2,1-2H3,(H2,11,13). The van der Waals surface area contributed by atoms with E-state index >= 15 is 0 Å². The molecule has 1 heterocycles. The van der Waals surface area contributed by atoms with Crippen LogP contribution in [-0.4, -0.2) is 34.2 Å². The zero-order valence-corrected chi connectivity index (χ0v) is 9.17. The third-order valence-electron chi connectivity index (χ3n) is 2.10. The van der Waals surface area contributed by atoms with Crippen molar-refractivity contribution in [3.8, 4) is 6.07 Å². The van der Waals surface area contributed by atoms with Gasteiger partial charge in [-0.25, -0.2) is 4.63 Å². The van der Waals surface area contributed by atoms with Crippen LogP contribution in [0.25, 0.3) is 0 Å². The minimum Gasteiger partial charge on any atom is -0.379 e. The highest BCUT2D eigenvalue weighted by Crippen LogP contribution is 2.10. The number of hydrogen-bond acceptors (Lipinski definition) is 6. The number of aromatic nitrogens is 2. The first-order chi connectivity index (χ1) is 7.60. The molecule has 0 saturated carbocycles. The lowest BCUT2D eigenvalue weighted by molar-refractivity contribution is 0.0742. The Kier molecular flexibility index (Phi) is 3.83. The fourth-order valence-corrected chi connectivity index (χ4v) is 1.22. The minimum absolute atomic E-state index is 0.00742. The Labute approximate surface area is 92.8 Å². The number of nitrogens with zero attached hydrogens (tertiary/aromatic N) is 4. The van der Waals surface area contributed by atoms with Crippen LogP contribution in [0, 0.1) is 17.2 Å². The molecule has 0 bridgehead atoms. The molecule has 1 unspecified atom stereocenters. The third-order valence-corrected chi connectivity index (χ3v) is 2.10. The van der Waals surface area contributed by atoms with Gasteiger partial charge in [0.2, 0.25) is 11.5 Å². The van der Waals surface area contributed by atoms with Gasteiger partial charge < -0.3 is 10.6 Å². The summed E-state index contributed by atoms with van der Waals surface area (Å²) >= 11 is 0. The summed E-state index contributed by atoms with van der Waals surface area (Å²) in [6, 6.07) is 2.06. The monoisotopic (exact) mass is 223 g/mol. The van der Waals surface area contributed by atoms with Gasteiger partial charge in [-0.05, 0) is 24.2 Å². The maximum absolute atomic E-state index is 11.9. The number of nitriles is 1. The van der Waals surface area contributed by atoms with Gasteiger partial charge in [-0.1, -0.05) is 0 Å². The van der Waals surface area contributed by atoms with Crippen LogP contribution in [0.4, 0.5) is 5.82 Å². The van der Waals surface area contributed by atoms with Crippen molar-refractivity contribution >= 4 is 11.7 Å². The summed E-state index contributed by atoms with van der Waals surface area (Å²) < 4.78 is 4.35. The first-order valence-corrected chi connectivity index (χ1v) is 4.87. The predicted molar refractivity (Wildman–Crippen MR) is 55.1 cm³/mol. The highest BCUT2D eigenvalue weighted by Gasteiger charge is 2.22. The van der Waals surface area contributed by atoms with Crippen LogP contribution in [0.15, 0.2) is 4.63 Å². The molecule has 16 heavy (non-hydrogen) atoms. The summed E-state index contributed by atoms with van der Waals surface area (Å²) in [6.45, 7) is 4.35. The van der Waals surface area contributed by atoms with Gasteiger partial charge in [-0.15, -0.1) is 0 Å². The van der Waals surface area contributed by atoms with Gasteiger partial charge in [0.15, 0.2) is 0 Å². The molecule has 1 aromatic rings. The van der Waals surface area contributed by atoms with Gasteiger partial charge >= 0.3 is 0 Å². The van der Waals surface area contributed by atoms with Crippen LogP contribution in [0.2, 0.25) is 0 Å². The van der Waals surface area contributed by atoms with Crippen molar-refractivity contribution in [2.45, 2.75) is 13.8 Å². The van der Waals surface area contributed by atoms with Crippen LogP contribution in [-0.2, 0) is 0 Å². The van der Waals surface area contributed by atoms with Crippen LogP contribution in [0.5, 0.6) is 0 Å². The topological polar surface area (TPSA) is 109 Å². The summed E-state index contributed by atoms with van der Waals surface area (Å²) in [4.78, 5) is 13.4. The van der Waals surface area contributed by atoms with Gasteiger partial charge in [0, 0.05) is 13.1 Å². The molecule has 2 N–H and O–H groups in total. The number of nitrogens with two attached hydrogens (primary N) is 1. The number of carbonyl (C=O) groups is 1. The van der Waals surface area contributed by atoms with E-state index in [0.717, 1.165) is 0 Å². The maximum Gasteiger partial charge on any atom is 0.280 e. The fraction of sp³-hybridized carbons (Fsp3) is 0.556. The Bertz CT molecular complexity index is 408. The normalized spacial score (nSPS) is 11.8. The second kappa shape index (κ2) is 5.11. The van der Waals surface area contributed by atoms with Crippen molar-refractivity contribution in [1.82, 2.24) is 15.2 Å². The maximum atomic E-state index is 11.9. The van der Waals surface area contributed by atoms with Crippen molar-refractivity contribution < 1.29 is 9.42 Å². The van der Waals surface area contributed by atoms with Crippen LogP contribution >= 0.6 is 0 Å². The highest BCUT2D eigenvalue weighted by atomic mass is 16.6. The molecule has 1 aromatic heterocycles. The lowest BCUT2D eigenvalue weighted by Gasteiger charge is -2.20. The molecular formula is C9H13N5O2. The molecule has 0 fully saturated rings. The first-order valence-electron chi connectivity index (χ1n) is 4.87. The van der Waals surface area contributed by atoms with E-state index in [1.807, 2.05) is 6.92 Å². The largest absolute Gasteiger partial charge is 0.379 e. The van der Waals surface area contributed by atoms with Crippen molar-refractivity contribution in [3.63, 3.8) is 0 Å². The van der Waals surface area contributed by atoms with E-state index in [2.05, 4.69) is 21.0 Å². The van der Waals surface area contributed by atoms with Gasteiger partial charge in [0.05, 0.1) is 12.0 Å². The van der Waals surface area contributed by atoms with E-state index in [9.17, 15) is 4.79 Å². The third kappa shape index (κ3) is 2.48. The second-order valence-electron chi connectivity index (χ2n) is 3.37. The molecule has 0 spiro atoms. The van der Waals surface area contributed by atoms with E-state index in [-0.39, 0.29) is 23.3 Å². The molecule has 1 rings (SSSR count). The van der Waals surface area contributed by atoms with Crippen LogP contribution in [0.1, 0.15) is 24.3 Å². The molecule has 1 atom stereocenters. The summed E-state index contributed by atoms with van der Waals surface area (Å²) in [5.74, 6) is -0.651. The van der Waals surface area contributed by atoms with Gasteiger partial charge in [0.25, 0.3) is 5.91 Å². The number of hydrogen-bond donors (Lipinski definition) is 1. The second-order valence-corrected chi connectivity index (χ2v) is 3.37. The lowest BCUT2D eigenvalue weighted by Crippen LogP contribution is -2.34. The SMILES string of the molecule is CCN(CC(C)C#N)C(=O)c1nonc1N. The summed E-state index contributed by atoms with van der Waals surface area (Å²) in [5, 5.41) is 15.5. The van der Waals surface area contributed by atoms with Crippen molar-refractivity contribution in [3.05, 3.63) is 5.69 Å². The summed E-state index contributed by atoms with van der Waals surface area (Å²) in [5.41, 5.74) is 5.41. The molecule has 86 valence electrons. The Morgan fingerprint density at radius 2 is 2.38 bits per heavy atom. The quantitative estimate of drug-likeness (QED) is 0.784. The molecule has 0 aliphatic heterocycles. The van der Waals surface area contributed by atoms with Crippen molar-refractivity contribution in [2.75, 3.05) is 18.8 Å². The zero-order chi connectivity index (χ0) is 12.1. The number of nitrogen functional groups attached to an aromatic ring is 1. The van der Waals surface area contributed by atoms with E-state index in [0.29, 0.717) is 13.1 Å². The van der Waals surface area contributed by atoms with E-state index in [1.165, 1.54) is 4.90 Å². The van der Waals surface area contributed by atoms with Gasteiger partial charge in [-0.3, -0.25) is 4.79 Å². The van der Waals surface area contributed by atoms with Gasteiger partial charge in [0.1, 0.15) is 0 Å². The van der Waals surface area contributed by atoms with Crippen LogP contribution < -0.4 is 5.73 Å². The molecule has 0 radical (unpaired) electrons. The fourth-order valence-electron chi connectivity index (χ4n) is 1.22. The van der Waals surface area contributed by atoms with E-state index in [1.54, 1.807) is 6.92 Å². The highest BCUT2D eigenvalue weighted by molar-refractivity contribution is 5.96. The molecular weight excluding hydrogens is 210 g/mol. The molecule has 0 aromatic carbocycles. The Morgan fingerprint density at radius 1 is 1.69 bits per heavy atom. The first kappa shape index (κ1) is 12.0. The zero-order valence-electron chi connectivity index (χ0n) is 9.17. The Balaban J connectivity index is 2.79. The average molecular weight is 223 g/mol. The summed E-state index contributed by atoms with van der Waals surface area (Å²) in [6.07, 6.45) is 0. The molecule has 1 amide bonds. The van der Waals surface area contributed by atoms with E-state index in [4.69, 9.17) is 11.0 Å². The summed E-state index contributed by atoms with van der Waals surface area (Å²) in [7, 11) is 0. The smallest absolute Gasteiger partial charge is 0.280 e. The van der Waals surface area contributed by atoms with Gasteiger partial charge in [-0.2, -0.15) is 5.26 Å². The number of amides is 1. The number of carbonyl (C=O) groups excluding carboxylic acids is 1. The Hall–Kier alpha value is -2.10. The Morgan fingerprint density at radius 3 is 2.81 bits per heavy atom. The number of anilines is 1. The van der Waals surface area contributed by atoms with Crippen molar-refractivity contribution in [1.29, 1.82) is 5.26 Å². The van der Waals surface area contributed by atoms with Crippen LogP contribution in [0.3, 0.4) is 0 Å². The molecule has 0 aliphatic rings. The van der Waals surface area contributed by atoms with Crippen molar-refractivity contribution in [2.24, 2.45) is 5.92 Å². The lowest BCUT2D eigenvalue weighted by atomic mass is 10.2.